The van der Waals surface area contributed by atoms with Crippen molar-refractivity contribution in [2.75, 3.05) is 0 Å². The van der Waals surface area contributed by atoms with E-state index in [1.165, 1.54) is 18.2 Å². The Balaban J connectivity index is 1.84. The van der Waals surface area contributed by atoms with Gasteiger partial charge in [0.05, 0.1) is 5.56 Å². The van der Waals surface area contributed by atoms with Crippen LogP contribution in [0.25, 0.3) is 10.9 Å². The number of carbonyl (C=O) groups excluding carboxylic acids is 1. The zero-order chi connectivity index (χ0) is 15.7. The third-order valence-electron chi connectivity index (χ3n) is 3.46. The van der Waals surface area contributed by atoms with Gasteiger partial charge >= 0.3 is 5.97 Å². The molecule has 0 bridgehead atoms. The number of aromatic nitrogens is 1. The van der Waals surface area contributed by atoms with Crippen LogP contribution in [0.15, 0.2) is 42.5 Å². The normalized spacial score (nSPS) is 10.8. The van der Waals surface area contributed by atoms with Gasteiger partial charge in [0, 0.05) is 16.6 Å². The van der Waals surface area contributed by atoms with Crippen molar-refractivity contribution in [3.05, 3.63) is 65.1 Å². The Hall–Kier alpha value is -2.82. The molecule has 1 aromatic heterocycles. The number of benzene rings is 2. The van der Waals surface area contributed by atoms with Crippen molar-refractivity contribution in [1.29, 1.82) is 0 Å². The van der Waals surface area contributed by atoms with Crippen LogP contribution >= 0.6 is 0 Å². The number of hydrogen-bond donors (Lipinski definition) is 2. The molecular weight excluding hydrogens is 285 g/mol. The van der Waals surface area contributed by atoms with Gasteiger partial charge in [0.15, 0.2) is 0 Å². The molecule has 3 rings (SSSR count). The predicted octanol–water partition coefficient (Wildman–Crippen LogP) is 3.68. The molecule has 4 nitrogen and oxygen atoms in total. The topological polar surface area (TPSA) is 62.3 Å². The van der Waals surface area contributed by atoms with Gasteiger partial charge in [-0.25, -0.2) is 9.18 Å². The summed E-state index contributed by atoms with van der Waals surface area (Å²) in [6.45, 7) is 1.83. The number of rotatable bonds is 3. The lowest BCUT2D eigenvalue weighted by atomic mass is 10.1. The molecule has 1 heterocycles. The first-order chi connectivity index (χ1) is 10.5. The lowest BCUT2D eigenvalue weighted by Gasteiger charge is -2.05. The molecule has 112 valence electrons. The van der Waals surface area contributed by atoms with Crippen molar-refractivity contribution in [2.45, 2.75) is 13.5 Å². The SMILES string of the molecule is Cc1[nH]c2ccc(O)cc2c1C(=O)OCc1ccc(F)cc1. The van der Waals surface area contributed by atoms with Gasteiger partial charge in [-0.15, -0.1) is 0 Å². The van der Waals surface area contributed by atoms with Gasteiger partial charge in [-0.1, -0.05) is 12.1 Å². The summed E-state index contributed by atoms with van der Waals surface area (Å²) in [7, 11) is 0. The molecule has 0 aliphatic heterocycles. The van der Waals surface area contributed by atoms with Crippen molar-refractivity contribution in [2.24, 2.45) is 0 Å². The summed E-state index contributed by atoms with van der Waals surface area (Å²) in [6.07, 6.45) is 0. The number of fused-ring (bicyclic) bond motifs is 1. The van der Waals surface area contributed by atoms with Gasteiger partial charge in [-0.3, -0.25) is 0 Å². The number of aryl methyl sites for hydroxylation is 1. The Morgan fingerprint density at radius 2 is 1.95 bits per heavy atom. The van der Waals surface area contributed by atoms with Gasteiger partial charge in [0.2, 0.25) is 0 Å². The number of halogens is 1. The van der Waals surface area contributed by atoms with Crippen molar-refractivity contribution < 1.29 is 19.0 Å². The lowest BCUT2D eigenvalue weighted by Crippen LogP contribution is -2.06. The second-order valence-corrected chi connectivity index (χ2v) is 5.06. The Labute approximate surface area is 126 Å². The number of carbonyl (C=O) groups is 1. The number of H-pyrrole nitrogens is 1. The first-order valence-electron chi connectivity index (χ1n) is 6.77. The van der Waals surface area contributed by atoms with Gasteiger partial charge in [0.25, 0.3) is 0 Å². The largest absolute Gasteiger partial charge is 0.508 e. The fourth-order valence-corrected chi connectivity index (χ4v) is 2.38. The number of nitrogens with one attached hydrogen (secondary N) is 1. The minimum atomic E-state index is -0.487. The molecule has 2 aromatic carbocycles. The summed E-state index contributed by atoms with van der Waals surface area (Å²) >= 11 is 0. The average molecular weight is 299 g/mol. The molecule has 0 fully saturated rings. The van der Waals surface area contributed by atoms with Crippen LogP contribution < -0.4 is 0 Å². The van der Waals surface area contributed by atoms with Crippen LogP contribution in [-0.2, 0) is 11.3 Å². The highest BCUT2D eigenvalue weighted by molar-refractivity contribution is 6.05. The molecule has 0 unspecified atom stereocenters. The highest BCUT2D eigenvalue weighted by atomic mass is 19.1. The van der Waals surface area contributed by atoms with E-state index in [1.807, 2.05) is 0 Å². The fourth-order valence-electron chi connectivity index (χ4n) is 2.38. The maximum atomic E-state index is 12.8. The highest BCUT2D eigenvalue weighted by Gasteiger charge is 2.18. The predicted molar refractivity (Wildman–Crippen MR) is 80.2 cm³/mol. The molecule has 0 aliphatic rings. The zero-order valence-electron chi connectivity index (χ0n) is 11.9. The van der Waals surface area contributed by atoms with E-state index in [0.717, 1.165) is 5.52 Å². The molecule has 0 saturated heterocycles. The molecule has 0 saturated carbocycles. The van der Waals surface area contributed by atoms with E-state index in [-0.39, 0.29) is 18.2 Å². The summed E-state index contributed by atoms with van der Waals surface area (Å²) in [4.78, 5) is 15.4. The van der Waals surface area contributed by atoms with Crippen LogP contribution in [0.1, 0.15) is 21.6 Å². The van der Waals surface area contributed by atoms with Crippen molar-refractivity contribution in [1.82, 2.24) is 4.98 Å². The average Bonchev–Trinajstić information content (AvgIpc) is 2.81. The second-order valence-electron chi connectivity index (χ2n) is 5.06. The second kappa shape index (κ2) is 5.52. The number of phenolic OH excluding ortho intramolecular Hbond substituents is 1. The van der Waals surface area contributed by atoms with E-state index >= 15 is 0 Å². The number of aromatic amines is 1. The lowest BCUT2D eigenvalue weighted by molar-refractivity contribution is 0.0474. The van der Waals surface area contributed by atoms with Crippen LogP contribution in [0.4, 0.5) is 4.39 Å². The quantitative estimate of drug-likeness (QED) is 0.725. The fraction of sp³-hybridized carbons (Fsp3) is 0.118. The maximum absolute atomic E-state index is 12.8. The van der Waals surface area contributed by atoms with Crippen LogP contribution in [0.5, 0.6) is 5.75 Å². The monoisotopic (exact) mass is 299 g/mol. The third kappa shape index (κ3) is 2.65. The van der Waals surface area contributed by atoms with Crippen molar-refractivity contribution in [3.8, 4) is 5.75 Å². The standard InChI is InChI=1S/C17H14FNO3/c1-10-16(14-8-13(20)6-7-15(14)19-10)17(21)22-9-11-2-4-12(18)5-3-11/h2-8,19-20H,9H2,1H3. The Morgan fingerprint density at radius 1 is 1.23 bits per heavy atom. The van der Waals surface area contributed by atoms with Gasteiger partial charge in [0.1, 0.15) is 18.2 Å². The molecular formula is C17H14FNO3. The van der Waals surface area contributed by atoms with E-state index in [1.54, 1.807) is 31.2 Å². The first kappa shape index (κ1) is 14.1. The molecule has 0 radical (unpaired) electrons. The first-order valence-corrected chi connectivity index (χ1v) is 6.77. The Morgan fingerprint density at radius 3 is 2.68 bits per heavy atom. The smallest absolute Gasteiger partial charge is 0.340 e. The van der Waals surface area contributed by atoms with Gasteiger partial charge in [-0.2, -0.15) is 0 Å². The van der Waals surface area contributed by atoms with Gasteiger partial charge < -0.3 is 14.8 Å². The van der Waals surface area contributed by atoms with Crippen molar-refractivity contribution >= 4 is 16.9 Å². The van der Waals surface area contributed by atoms with E-state index in [9.17, 15) is 14.3 Å². The number of phenols is 1. The minimum absolute atomic E-state index is 0.0596. The summed E-state index contributed by atoms with van der Waals surface area (Å²) < 4.78 is 18.1. The number of esters is 1. The van der Waals surface area contributed by atoms with E-state index in [2.05, 4.69) is 4.98 Å². The summed E-state index contributed by atoms with van der Waals surface area (Å²) in [6, 6.07) is 10.5. The van der Waals surface area contributed by atoms with Crippen LogP contribution in [0, 0.1) is 12.7 Å². The van der Waals surface area contributed by atoms with Crippen LogP contribution in [-0.4, -0.2) is 16.1 Å². The molecule has 0 aliphatic carbocycles. The molecule has 0 amide bonds. The van der Waals surface area contributed by atoms with E-state index < -0.39 is 5.97 Å². The van der Waals surface area contributed by atoms with Crippen LogP contribution in [0.2, 0.25) is 0 Å². The van der Waals surface area contributed by atoms with Gasteiger partial charge in [-0.05, 0) is 42.8 Å². The molecule has 0 spiro atoms. The summed E-state index contributed by atoms with van der Waals surface area (Å²) in [5.41, 5.74) is 2.52. The molecule has 0 atom stereocenters. The summed E-state index contributed by atoms with van der Waals surface area (Å²) in [5.74, 6) is -0.740. The van der Waals surface area contributed by atoms with Crippen LogP contribution in [0.3, 0.4) is 0 Å². The van der Waals surface area contributed by atoms with E-state index in [4.69, 9.17) is 4.74 Å². The Bertz CT molecular complexity index is 837. The van der Waals surface area contributed by atoms with E-state index in [0.29, 0.717) is 22.2 Å². The minimum Gasteiger partial charge on any atom is -0.508 e. The number of ether oxygens (including phenoxy) is 1. The highest BCUT2D eigenvalue weighted by Crippen LogP contribution is 2.26. The molecule has 5 heteroatoms. The molecule has 3 aromatic rings. The van der Waals surface area contributed by atoms with Crippen molar-refractivity contribution in [3.63, 3.8) is 0 Å². The maximum Gasteiger partial charge on any atom is 0.340 e. The molecule has 22 heavy (non-hydrogen) atoms. The third-order valence-corrected chi connectivity index (χ3v) is 3.46. The number of aromatic hydroxyl groups is 1. The zero-order valence-corrected chi connectivity index (χ0v) is 11.9. The summed E-state index contributed by atoms with van der Waals surface area (Å²) in [5, 5.41) is 10.2. The number of hydrogen-bond acceptors (Lipinski definition) is 3. The molecule has 2 N–H and O–H groups in total. The Kier molecular flexibility index (Phi) is 3.55.